The summed E-state index contributed by atoms with van der Waals surface area (Å²) in [5.41, 5.74) is 2.11. The molecular formula is C18H16O2. The first-order chi connectivity index (χ1) is 9.77. The molecule has 2 atom stereocenters. The van der Waals surface area contributed by atoms with Crippen LogP contribution in [-0.2, 0) is 6.42 Å². The second-order valence-corrected chi connectivity index (χ2v) is 5.53. The van der Waals surface area contributed by atoms with Gasteiger partial charge in [0.25, 0.3) is 0 Å². The lowest BCUT2D eigenvalue weighted by Gasteiger charge is -2.29. The number of rotatable bonds is 0. The first-order valence-corrected chi connectivity index (χ1v) is 7.05. The van der Waals surface area contributed by atoms with E-state index >= 15 is 0 Å². The Balaban J connectivity index is 2.24. The highest BCUT2D eigenvalue weighted by Gasteiger charge is 2.29. The monoisotopic (exact) mass is 264 g/mol. The zero-order valence-electron chi connectivity index (χ0n) is 11.1. The molecule has 1 aliphatic carbocycles. The Hall–Kier alpha value is -1.90. The summed E-state index contributed by atoms with van der Waals surface area (Å²) in [6, 6.07) is 16.5. The van der Waals surface area contributed by atoms with E-state index in [4.69, 9.17) is 0 Å². The number of hydrogen-bond donors (Lipinski definition) is 2. The molecule has 3 aromatic rings. The van der Waals surface area contributed by atoms with Crippen molar-refractivity contribution in [3.8, 4) is 0 Å². The molecule has 3 aromatic carbocycles. The molecule has 0 aliphatic heterocycles. The lowest BCUT2D eigenvalue weighted by molar-refractivity contribution is 0.00771. The highest BCUT2D eigenvalue weighted by molar-refractivity contribution is 6.11. The summed E-state index contributed by atoms with van der Waals surface area (Å²) in [5.74, 6) is 0. The Morgan fingerprint density at radius 3 is 2.00 bits per heavy atom. The standard InChI is InChI=1S/C18H16O2/c19-16-10-9-15-13-7-2-1-5-11(13)12-6-3-4-8-14(12)17(15)18(16)20/h1-8,16,18-20H,9-10H2. The zero-order valence-corrected chi connectivity index (χ0v) is 11.1. The van der Waals surface area contributed by atoms with Crippen LogP contribution in [0.2, 0.25) is 0 Å². The molecule has 0 bridgehead atoms. The van der Waals surface area contributed by atoms with Gasteiger partial charge in [-0.1, -0.05) is 48.5 Å². The Morgan fingerprint density at radius 2 is 1.30 bits per heavy atom. The minimum Gasteiger partial charge on any atom is -0.390 e. The summed E-state index contributed by atoms with van der Waals surface area (Å²) in [7, 11) is 0. The van der Waals surface area contributed by atoms with Gasteiger partial charge in [-0.15, -0.1) is 0 Å². The fourth-order valence-corrected chi connectivity index (χ4v) is 3.49. The molecule has 20 heavy (non-hydrogen) atoms. The van der Waals surface area contributed by atoms with Crippen LogP contribution in [-0.4, -0.2) is 16.3 Å². The Morgan fingerprint density at radius 1 is 0.750 bits per heavy atom. The van der Waals surface area contributed by atoms with Crippen LogP contribution in [0.5, 0.6) is 0 Å². The predicted molar refractivity (Wildman–Crippen MR) is 80.7 cm³/mol. The topological polar surface area (TPSA) is 40.5 Å². The largest absolute Gasteiger partial charge is 0.390 e. The predicted octanol–water partition coefficient (Wildman–Crippen LogP) is 3.33. The quantitative estimate of drug-likeness (QED) is 0.611. The molecule has 0 amide bonds. The summed E-state index contributed by atoms with van der Waals surface area (Å²) in [4.78, 5) is 0. The number of hydrogen-bond acceptors (Lipinski definition) is 2. The summed E-state index contributed by atoms with van der Waals surface area (Å²) in [5, 5.41) is 25.1. The molecule has 4 rings (SSSR count). The van der Waals surface area contributed by atoms with E-state index in [1.54, 1.807) is 0 Å². The minimum atomic E-state index is -0.784. The van der Waals surface area contributed by atoms with Crippen molar-refractivity contribution in [2.45, 2.75) is 25.0 Å². The van der Waals surface area contributed by atoms with E-state index in [1.807, 2.05) is 24.3 Å². The minimum absolute atomic E-state index is 0.622. The van der Waals surface area contributed by atoms with Crippen LogP contribution < -0.4 is 0 Å². The maximum absolute atomic E-state index is 10.4. The molecule has 0 fully saturated rings. The van der Waals surface area contributed by atoms with E-state index in [1.165, 1.54) is 16.3 Å². The third kappa shape index (κ3) is 1.52. The van der Waals surface area contributed by atoms with Gasteiger partial charge in [-0.25, -0.2) is 0 Å². The molecule has 0 saturated carbocycles. The van der Waals surface area contributed by atoms with Crippen LogP contribution in [0, 0.1) is 0 Å². The fourth-order valence-electron chi connectivity index (χ4n) is 3.49. The van der Waals surface area contributed by atoms with Crippen molar-refractivity contribution in [1.82, 2.24) is 0 Å². The summed E-state index contributed by atoms with van der Waals surface area (Å²) in [6.45, 7) is 0. The lowest BCUT2D eigenvalue weighted by Crippen LogP contribution is -2.25. The van der Waals surface area contributed by atoms with E-state index < -0.39 is 12.2 Å². The molecule has 0 aromatic heterocycles. The van der Waals surface area contributed by atoms with Crippen LogP contribution in [0.15, 0.2) is 48.5 Å². The van der Waals surface area contributed by atoms with Crippen molar-refractivity contribution in [3.05, 3.63) is 59.7 Å². The summed E-state index contributed by atoms with van der Waals surface area (Å²) >= 11 is 0. The van der Waals surface area contributed by atoms with Crippen molar-refractivity contribution < 1.29 is 10.2 Å². The Kier molecular flexibility index (Phi) is 2.56. The molecule has 0 saturated heterocycles. The van der Waals surface area contributed by atoms with Gasteiger partial charge < -0.3 is 10.2 Å². The van der Waals surface area contributed by atoms with Gasteiger partial charge in [-0.2, -0.15) is 0 Å². The van der Waals surface area contributed by atoms with Gasteiger partial charge in [0.05, 0.1) is 6.10 Å². The van der Waals surface area contributed by atoms with Crippen LogP contribution in [0.3, 0.4) is 0 Å². The van der Waals surface area contributed by atoms with Crippen molar-refractivity contribution in [2.24, 2.45) is 0 Å². The smallest absolute Gasteiger partial charge is 0.106 e. The molecule has 2 unspecified atom stereocenters. The average molecular weight is 264 g/mol. The van der Waals surface area contributed by atoms with E-state index in [2.05, 4.69) is 24.3 Å². The number of aryl methyl sites for hydroxylation is 1. The fraction of sp³-hybridized carbons (Fsp3) is 0.222. The lowest BCUT2D eigenvalue weighted by atomic mass is 9.81. The van der Waals surface area contributed by atoms with Crippen LogP contribution in [0.4, 0.5) is 0 Å². The van der Waals surface area contributed by atoms with Gasteiger partial charge in [-0.3, -0.25) is 0 Å². The first-order valence-electron chi connectivity index (χ1n) is 7.05. The van der Waals surface area contributed by atoms with Gasteiger partial charge in [0, 0.05) is 0 Å². The summed E-state index contributed by atoms with van der Waals surface area (Å²) in [6.07, 6.45) is -0.00425. The molecule has 2 N–H and O–H groups in total. The first kappa shape index (κ1) is 11.9. The van der Waals surface area contributed by atoms with Gasteiger partial charge >= 0.3 is 0 Å². The Labute approximate surface area is 117 Å². The number of fused-ring (bicyclic) bond motifs is 6. The van der Waals surface area contributed by atoms with Gasteiger partial charge in [0.2, 0.25) is 0 Å². The van der Waals surface area contributed by atoms with Crippen molar-refractivity contribution >= 4 is 21.5 Å². The summed E-state index contributed by atoms with van der Waals surface area (Å²) < 4.78 is 0. The van der Waals surface area contributed by atoms with Crippen molar-refractivity contribution in [2.75, 3.05) is 0 Å². The van der Waals surface area contributed by atoms with E-state index in [9.17, 15) is 10.2 Å². The molecule has 100 valence electrons. The average Bonchev–Trinajstić information content (AvgIpc) is 2.50. The van der Waals surface area contributed by atoms with Gasteiger partial charge in [-0.05, 0) is 45.5 Å². The second kappa shape index (κ2) is 4.30. The molecule has 0 radical (unpaired) electrons. The maximum Gasteiger partial charge on any atom is 0.106 e. The number of aliphatic hydroxyl groups excluding tert-OH is 2. The normalized spacial score (nSPS) is 22.1. The molecule has 2 heteroatoms. The third-order valence-electron chi connectivity index (χ3n) is 4.44. The van der Waals surface area contributed by atoms with Gasteiger partial charge in [0.1, 0.15) is 6.10 Å². The highest BCUT2D eigenvalue weighted by Crippen LogP contribution is 2.41. The molecular weight excluding hydrogens is 248 g/mol. The molecule has 1 aliphatic rings. The third-order valence-corrected chi connectivity index (χ3v) is 4.44. The van der Waals surface area contributed by atoms with Crippen molar-refractivity contribution in [3.63, 3.8) is 0 Å². The maximum atomic E-state index is 10.4. The zero-order chi connectivity index (χ0) is 13.7. The number of aliphatic hydroxyl groups is 2. The Bertz CT molecular complexity index is 807. The molecule has 0 spiro atoms. The number of benzene rings is 3. The van der Waals surface area contributed by atoms with Crippen LogP contribution in [0.25, 0.3) is 21.5 Å². The van der Waals surface area contributed by atoms with E-state index in [0.717, 1.165) is 22.8 Å². The molecule has 0 heterocycles. The van der Waals surface area contributed by atoms with Crippen LogP contribution in [0.1, 0.15) is 23.7 Å². The van der Waals surface area contributed by atoms with E-state index in [-0.39, 0.29) is 0 Å². The SMILES string of the molecule is OC1CCc2c(c3ccccc3c3ccccc23)C1O. The van der Waals surface area contributed by atoms with E-state index in [0.29, 0.717) is 6.42 Å². The molecule has 2 nitrogen and oxygen atoms in total. The van der Waals surface area contributed by atoms with Gasteiger partial charge in [0.15, 0.2) is 0 Å². The van der Waals surface area contributed by atoms with Crippen LogP contribution >= 0.6 is 0 Å². The highest BCUT2D eigenvalue weighted by atomic mass is 16.3. The second-order valence-electron chi connectivity index (χ2n) is 5.53. The van der Waals surface area contributed by atoms with Crippen molar-refractivity contribution in [1.29, 1.82) is 0 Å².